The van der Waals surface area contributed by atoms with E-state index in [0.29, 0.717) is 18.6 Å². The summed E-state index contributed by atoms with van der Waals surface area (Å²) in [5.74, 6) is 0.731. The number of halogens is 4. The first kappa shape index (κ1) is 16.7. The van der Waals surface area contributed by atoms with Crippen molar-refractivity contribution in [3.63, 3.8) is 0 Å². The number of hydrogen-bond donors (Lipinski definition) is 0. The number of carbonyl (C=O) groups is 1. The molecule has 0 radical (unpaired) electrons. The van der Waals surface area contributed by atoms with E-state index in [-0.39, 0.29) is 5.78 Å². The molecule has 1 aromatic rings. The number of Topliss-reactive ketones (excluding diaryl/α,β-unsaturated/α-hetero) is 1. The van der Waals surface area contributed by atoms with Crippen LogP contribution >= 0.6 is 63.7 Å². The molecular formula is C12H12Br4O2. The van der Waals surface area contributed by atoms with Gasteiger partial charge in [-0.15, -0.1) is 0 Å². The number of alkyl halides is 3. The van der Waals surface area contributed by atoms with E-state index in [9.17, 15) is 4.79 Å². The average Bonchev–Trinajstić information content (AvgIpc) is 2.31. The highest BCUT2D eigenvalue weighted by Crippen LogP contribution is 2.36. The van der Waals surface area contributed by atoms with Crippen LogP contribution in [0, 0.1) is 0 Å². The maximum Gasteiger partial charge on any atom is 0.190 e. The van der Waals surface area contributed by atoms with Gasteiger partial charge in [-0.05, 0) is 47.5 Å². The van der Waals surface area contributed by atoms with Crippen LogP contribution in [0.25, 0.3) is 0 Å². The summed E-state index contributed by atoms with van der Waals surface area (Å²) in [6, 6.07) is 5.34. The van der Waals surface area contributed by atoms with Crippen LogP contribution in [0.2, 0.25) is 0 Å². The molecule has 0 saturated heterocycles. The molecule has 0 aromatic heterocycles. The van der Waals surface area contributed by atoms with Crippen molar-refractivity contribution in [2.24, 2.45) is 0 Å². The van der Waals surface area contributed by atoms with E-state index < -0.39 is 3.23 Å². The summed E-state index contributed by atoms with van der Waals surface area (Å²) < 4.78 is 5.47. The average molecular weight is 508 g/mol. The summed E-state index contributed by atoms with van der Waals surface area (Å²) in [6.07, 6.45) is 0.649. The maximum atomic E-state index is 12.3. The van der Waals surface area contributed by atoms with Crippen LogP contribution in [0.1, 0.15) is 23.7 Å². The lowest BCUT2D eigenvalue weighted by Crippen LogP contribution is -2.25. The largest absolute Gasteiger partial charge is 0.493 e. The van der Waals surface area contributed by atoms with Crippen molar-refractivity contribution in [1.29, 1.82) is 0 Å². The molecular weight excluding hydrogens is 496 g/mol. The summed E-state index contributed by atoms with van der Waals surface area (Å²) >= 11 is 13.6. The molecule has 1 aromatic carbocycles. The van der Waals surface area contributed by atoms with Gasteiger partial charge in [-0.3, -0.25) is 4.79 Å². The van der Waals surface area contributed by atoms with Gasteiger partial charge in [0.1, 0.15) is 8.98 Å². The van der Waals surface area contributed by atoms with E-state index in [1.54, 1.807) is 18.2 Å². The monoisotopic (exact) mass is 504 g/mol. The van der Waals surface area contributed by atoms with Crippen LogP contribution < -0.4 is 4.74 Å². The van der Waals surface area contributed by atoms with Crippen LogP contribution in [-0.4, -0.2) is 21.0 Å². The Labute approximate surface area is 140 Å². The highest BCUT2D eigenvalue weighted by Gasteiger charge is 2.32. The second-order valence-corrected chi connectivity index (χ2v) is 8.97. The van der Waals surface area contributed by atoms with Gasteiger partial charge >= 0.3 is 0 Å². The lowest BCUT2D eigenvalue weighted by molar-refractivity contribution is 0.0982. The molecule has 0 heterocycles. The zero-order chi connectivity index (χ0) is 13.8. The van der Waals surface area contributed by atoms with Crippen LogP contribution in [0.3, 0.4) is 0 Å². The fourth-order valence-electron chi connectivity index (χ4n) is 1.36. The minimum absolute atomic E-state index is 0.00861. The predicted octanol–water partition coefficient (Wildman–Crippen LogP) is 5.30. The van der Waals surface area contributed by atoms with Crippen LogP contribution in [-0.2, 0) is 0 Å². The summed E-state index contributed by atoms with van der Waals surface area (Å²) in [4.78, 5) is 12.3. The fourth-order valence-corrected chi connectivity index (χ4v) is 4.36. The first-order valence-electron chi connectivity index (χ1n) is 5.33. The molecule has 0 bridgehead atoms. The number of carbonyl (C=O) groups excluding carboxylic acids is 1. The second-order valence-electron chi connectivity index (χ2n) is 3.55. The van der Waals surface area contributed by atoms with Crippen molar-refractivity contribution in [3.05, 3.63) is 28.2 Å². The number of ketones is 1. The van der Waals surface area contributed by atoms with Crippen molar-refractivity contribution in [2.75, 3.05) is 11.9 Å². The Morgan fingerprint density at radius 1 is 1.39 bits per heavy atom. The Kier molecular flexibility index (Phi) is 6.86. The van der Waals surface area contributed by atoms with Crippen molar-refractivity contribution in [2.45, 2.75) is 16.6 Å². The Bertz CT molecular complexity index is 432. The van der Waals surface area contributed by atoms with Crippen molar-refractivity contribution >= 4 is 69.5 Å². The van der Waals surface area contributed by atoms with Gasteiger partial charge in [0.2, 0.25) is 0 Å². The normalized spacial score (nSPS) is 11.4. The SMILES string of the molecule is CCOc1ccc(C(=O)C(Br)(Br)CCBr)cc1Br. The van der Waals surface area contributed by atoms with Gasteiger partial charge in [-0.1, -0.05) is 47.8 Å². The molecule has 0 atom stereocenters. The lowest BCUT2D eigenvalue weighted by atomic mass is 10.1. The van der Waals surface area contributed by atoms with Gasteiger partial charge in [-0.2, -0.15) is 0 Å². The minimum atomic E-state index is -0.726. The zero-order valence-corrected chi connectivity index (χ0v) is 16.0. The zero-order valence-electron chi connectivity index (χ0n) is 9.68. The van der Waals surface area contributed by atoms with Gasteiger partial charge in [0.15, 0.2) is 5.78 Å². The Balaban J connectivity index is 2.97. The van der Waals surface area contributed by atoms with Gasteiger partial charge in [0.05, 0.1) is 11.1 Å². The summed E-state index contributed by atoms with van der Waals surface area (Å²) in [6.45, 7) is 2.51. The van der Waals surface area contributed by atoms with Crippen LogP contribution in [0.4, 0.5) is 0 Å². The summed E-state index contributed by atoms with van der Waals surface area (Å²) in [7, 11) is 0. The minimum Gasteiger partial charge on any atom is -0.493 e. The van der Waals surface area contributed by atoms with Gasteiger partial charge in [0.25, 0.3) is 0 Å². The second kappa shape index (κ2) is 7.41. The van der Waals surface area contributed by atoms with Gasteiger partial charge in [0, 0.05) is 10.9 Å². The first-order valence-corrected chi connectivity index (χ1v) is 8.83. The Morgan fingerprint density at radius 3 is 2.56 bits per heavy atom. The number of rotatable bonds is 6. The predicted molar refractivity (Wildman–Crippen MR) is 88.6 cm³/mol. The lowest BCUT2D eigenvalue weighted by Gasteiger charge is -2.18. The number of benzene rings is 1. The molecule has 0 saturated carbocycles. The molecule has 0 spiro atoms. The van der Waals surface area contributed by atoms with E-state index in [0.717, 1.165) is 15.6 Å². The smallest absolute Gasteiger partial charge is 0.190 e. The third-order valence-corrected chi connectivity index (χ3v) is 4.76. The molecule has 100 valence electrons. The third-order valence-electron chi connectivity index (χ3n) is 2.23. The topological polar surface area (TPSA) is 26.3 Å². The van der Waals surface area contributed by atoms with E-state index in [1.807, 2.05) is 6.92 Å². The summed E-state index contributed by atoms with van der Waals surface area (Å²) in [5.41, 5.74) is 0.625. The van der Waals surface area contributed by atoms with Crippen LogP contribution in [0.5, 0.6) is 5.75 Å². The highest BCUT2D eigenvalue weighted by molar-refractivity contribution is 9.26. The molecule has 0 fully saturated rings. The molecule has 0 unspecified atom stereocenters. The highest BCUT2D eigenvalue weighted by atomic mass is 79.9. The molecule has 2 nitrogen and oxygen atoms in total. The van der Waals surface area contributed by atoms with E-state index >= 15 is 0 Å². The molecule has 18 heavy (non-hydrogen) atoms. The molecule has 0 amide bonds. The maximum absolute atomic E-state index is 12.3. The van der Waals surface area contributed by atoms with E-state index in [2.05, 4.69) is 63.7 Å². The van der Waals surface area contributed by atoms with Crippen molar-refractivity contribution < 1.29 is 9.53 Å². The number of hydrogen-bond acceptors (Lipinski definition) is 2. The van der Waals surface area contributed by atoms with Gasteiger partial charge in [-0.25, -0.2) is 0 Å². The Hall–Kier alpha value is 0.610. The van der Waals surface area contributed by atoms with Crippen molar-refractivity contribution in [1.82, 2.24) is 0 Å². The standard InChI is InChI=1S/C12H12Br4O2/c1-2-18-10-4-3-8(7-9(10)14)11(17)12(15,16)5-6-13/h3-4,7H,2,5-6H2,1H3. The first-order chi connectivity index (χ1) is 8.42. The van der Waals surface area contributed by atoms with E-state index in [4.69, 9.17) is 4.74 Å². The molecule has 0 aliphatic carbocycles. The van der Waals surface area contributed by atoms with E-state index in [1.165, 1.54) is 0 Å². The third kappa shape index (κ3) is 4.32. The molecule has 6 heteroatoms. The fraction of sp³-hybridized carbons (Fsp3) is 0.417. The van der Waals surface area contributed by atoms with Gasteiger partial charge < -0.3 is 4.74 Å². The van der Waals surface area contributed by atoms with Crippen molar-refractivity contribution in [3.8, 4) is 5.75 Å². The number of ether oxygens (including phenoxy) is 1. The Morgan fingerprint density at radius 2 is 2.06 bits per heavy atom. The molecule has 0 aliphatic rings. The molecule has 0 aliphatic heterocycles. The summed E-state index contributed by atoms with van der Waals surface area (Å²) in [5, 5.41) is 0.730. The van der Waals surface area contributed by atoms with Crippen LogP contribution in [0.15, 0.2) is 22.7 Å². The quantitative estimate of drug-likeness (QED) is 0.386. The molecule has 1 rings (SSSR count). The molecule has 0 N–H and O–H groups in total.